The molecule has 2 N–H and O–H groups in total. The topological polar surface area (TPSA) is 92.9 Å². The molecule has 1 aromatic heterocycles. The van der Waals surface area contributed by atoms with Gasteiger partial charge in [0.25, 0.3) is 0 Å². The van der Waals surface area contributed by atoms with Crippen LogP contribution in [-0.2, 0) is 16.0 Å². The van der Waals surface area contributed by atoms with Crippen molar-refractivity contribution >= 4 is 28.4 Å². The lowest BCUT2D eigenvalue weighted by molar-refractivity contribution is -0.127. The van der Waals surface area contributed by atoms with Crippen molar-refractivity contribution in [2.24, 2.45) is 0 Å². The molecule has 1 aliphatic rings. The highest BCUT2D eigenvalue weighted by Gasteiger charge is 2.35. The number of benzene rings is 3. The van der Waals surface area contributed by atoms with E-state index in [0.29, 0.717) is 34.9 Å². The van der Waals surface area contributed by atoms with Gasteiger partial charge in [-0.3, -0.25) is 14.5 Å². The van der Waals surface area contributed by atoms with E-state index in [2.05, 4.69) is 16.4 Å². The summed E-state index contributed by atoms with van der Waals surface area (Å²) in [5, 5.41) is 4.37. The largest absolute Gasteiger partial charge is 0.493 e. The minimum atomic E-state index is -0.964. The van der Waals surface area contributed by atoms with Gasteiger partial charge in [0, 0.05) is 35.2 Å². The van der Waals surface area contributed by atoms with Crippen molar-refractivity contribution in [2.45, 2.75) is 64.0 Å². The van der Waals surface area contributed by atoms with Gasteiger partial charge >= 0.3 is 0 Å². The van der Waals surface area contributed by atoms with Crippen molar-refractivity contribution in [3.05, 3.63) is 83.6 Å². The molecule has 1 unspecified atom stereocenters. The molecule has 1 atom stereocenters. The van der Waals surface area contributed by atoms with Crippen LogP contribution < -0.4 is 24.4 Å². The van der Waals surface area contributed by atoms with Crippen LogP contribution in [0.1, 0.15) is 61.3 Å². The molecule has 43 heavy (non-hydrogen) atoms. The molecule has 8 nitrogen and oxygen atoms in total. The molecule has 0 aliphatic heterocycles. The summed E-state index contributed by atoms with van der Waals surface area (Å²) in [5.41, 5.74) is 4.37. The van der Waals surface area contributed by atoms with Crippen molar-refractivity contribution in [1.82, 2.24) is 10.3 Å². The molecule has 4 aromatic rings. The van der Waals surface area contributed by atoms with E-state index >= 15 is 0 Å². The molecule has 2 amide bonds. The maximum atomic E-state index is 14.4. The summed E-state index contributed by atoms with van der Waals surface area (Å²) in [6.45, 7) is 2.00. The van der Waals surface area contributed by atoms with E-state index in [4.69, 9.17) is 14.2 Å². The molecule has 1 fully saturated rings. The second-order valence-electron chi connectivity index (χ2n) is 11.2. The fourth-order valence-corrected chi connectivity index (χ4v) is 6.05. The van der Waals surface area contributed by atoms with Gasteiger partial charge in [0.2, 0.25) is 17.6 Å². The summed E-state index contributed by atoms with van der Waals surface area (Å²) in [6, 6.07) is 18.4. The first-order valence-electron chi connectivity index (χ1n) is 15.0. The summed E-state index contributed by atoms with van der Waals surface area (Å²) in [7, 11) is 4.63. The van der Waals surface area contributed by atoms with E-state index in [-0.39, 0.29) is 24.3 Å². The zero-order chi connectivity index (χ0) is 30.3. The van der Waals surface area contributed by atoms with E-state index in [1.165, 1.54) is 6.42 Å². The smallest absolute Gasteiger partial charge is 0.248 e. The average Bonchev–Trinajstić information content (AvgIpc) is 3.45. The predicted molar refractivity (Wildman–Crippen MR) is 169 cm³/mol. The predicted octanol–water partition coefficient (Wildman–Crippen LogP) is 6.66. The SMILES string of the molecule is COc1cc(C(C(=O)NC2CCCCC2)N(C(=O)CCc2c[nH]c3ccccc23)c2ccc(C)cc2)cc(OC)c1OC. The Kier molecular flexibility index (Phi) is 9.55. The standard InChI is InChI=1S/C35H41N3O5/c1-23-14-17-27(18-15-23)38(32(39)19-16-24-22-36-29-13-9-8-12-28(24)29)33(35(40)37-26-10-6-5-7-11-26)25-20-30(41-2)34(43-4)31(21-25)42-3/h8-9,12-15,17-18,20-22,26,33,36H,5-7,10-11,16,19H2,1-4H3,(H,37,40). The summed E-state index contributed by atoms with van der Waals surface area (Å²) in [6.07, 6.45) is 7.87. The second-order valence-corrected chi connectivity index (χ2v) is 11.2. The number of fused-ring (bicyclic) bond motifs is 1. The third-order valence-corrected chi connectivity index (χ3v) is 8.32. The quantitative estimate of drug-likeness (QED) is 0.206. The molecular weight excluding hydrogens is 542 g/mol. The number of ether oxygens (including phenoxy) is 3. The van der Waals surface area contributed by atoms with E-state index in [1.807, 2.05) is 55.6 Å². The molecule has 0 radical (unpaired) electrons. The van der Waals surface area contributed by atoms with Gasteiger partial charge in [-0.25, -0.2) is 0 Å². The minimum Gasteiger partial charge on any atom is -0.493 e. The molecular formula is C35H41N3O5. The van der Waals surface area contributed by atoms with Gasteiger partial charge < -0.3 is 24.5 Å². The monoisotopic (exact) mass is 583 g/mol. The van der Waals surface area contributed by atoms with Crippen LogP contribution in [0.4, 0.5) is 5.69 Å². The highest BCUT2D eigenvalue weighted by molar-refractivity contribution is 6.02. The number of rotatable bonds is 11. The van der Waals surface area contributed by atoms with Crippen molar-refractivity contribution in [1.29, 1.82) is 0 Å². The average molecular weight is 584 g/mol. The first-order valence-corrected chi connectivity index (χ1v) is 15.0. The van der Waals surface area contributed by atoms with Crippen LogP contribution in [0.3, 0.4) is 0 Å². The van der Waals surface area contributed by atoms with Gasteiger partial charge in [-0.1, -0.05) is 55.2 Å². The third-order valence-electron chi connectivity index (χ3n) is 8.32. The Morgan fingerprint density at radius 3 is 2.26 bits per heavy atom. The van der Waals surface area contributed by atoms with Gasteiger partial charge in [-0.15, -0.1) is 0 Å². The Labute approximate surface area is 253 Å². The van der Waals surface area contributed by atoms with Gasteiger partial charge in [0.1, 0.15) is 6.04 Å². The summed E-state index contributed by atoms with van der Waals surface area (Å²) in [4.78, 5) is 33.6. The van der Waals surface area contributed by atoms with Crippen LogP contribution in [0, 0.1) is 6.92 Å². The van der Waals surface area contributed by atoms with Crippen LogP contribution in [0.25, 0.3) is 10.9 Å². The summed E-state index contributed by atoms with van der Waals surface area (Å²) in [5.74, 6) is 0.867. The Morgan fingerprint density at radius 2 is 1.60 bits per heavy atom. The van der Waals surface area contributed by atoms with E-state index in [9.17, 15) is 9.59 Å². The lowest BCUT2D eigenvalue weighted by Gasteiger charge is -2.34. The minimum absolute atomic E-state index is 0.0620. The Bertz CT molecular complexity index is 1530. The normalized spacial score (nSPS) is 14.2. The second kappa shape index (κ2) is 13.7. The number of aryl methyl sites for hydroxylation is 2. The Morgan fingerprint density at radius 1 is 0.930 bits per heavy atom. The number of amides is 2. The van der Waals surface area contributed by atoms with Crippen molar-refractivity contribution in [2.75, 3.05) is 26.2 Å². The van der Waals surface area contributed by atoms with Crippen molar-refractivity contribution in [3.8, 4) is 17.2 Å². The van der Waals surface area contributed by atoms with E-state index in [0.717, 1.165) is 47.7 Å². The van der Waals surface area contributed by atoms with Gasteiger partial charge in [-0.05, 0) is 67.6 Å². The van der Waals surface area contributed by atoms with Gasteiger partial charge in [-0.2, -0.15) is 0 Å². The molecule has 1 saturated carbocycles. The molecule has 8 heteroatoms. The Hall–Kier alpha value is -4.46. The fraction of sp³-hybridized carbons (Fsp3) is 0.371. The summed E-state index contributed by atoms with van der Waals surface area (Å²) >= 11 is 0. The van der Waals surface area contributed by atoms with Crippen LogP contribution in [0.2, 0.25) is 0 Å². The molecule has 226 valence electrons. The number of carbonyl (C=O) groups excluding carboxylic acids is 2. The molecule has 3 aromatic carbocycles. The maximum absolute atomic E-state index is 14.4. The number of hydrogen-bond acceptors (Lipinski definition) is 5. The molecule has 5 rings (SSSR count). The number of anilines is 1. The number of nitrogens with one attached hydrogen (secondary N) is 2. The van der Waals surface area contributed by atoms with Crippen LogP contribution in [0.15, 0.2) is 66.9 Å². The van der Waals surface area contributed by atoms with Crippen molar-refractivity contribution in [3.63, 3.8) is 0 Å². The zero-order valence-corrected chi connectivity index (χ0v) is 25.4. The molecule has 0 spiro atoms. The van der Waals surface area contributed by atoms with Crippen LogP contribution in [-0.4, -0.2) is 44.2 Å². The first kappa shape index (κ1) is 30.0. The van der Waals surface area contributed by atoms with E-state index < -0.39 is 6.04 Å². The number of aromatic nitrogens is 1. The highest BCUT2D eigenvalue weighted by atomic mass is 16.5. The number of methoxy groups -OCH3 is 3. The first-order chi connectivity index (χ1) is 20.9. The summed E-state index contributed by atoms with van der Waals surface area (Å²) < 4.78 is 16.9. The highest BCUT2D eigenvalue weighted by Crippen LogP contribution is 2.42. The Balaban J connectivity index is 1.58. The number of aromatic amines is 1. The van der Waals surface area contributed by atoms with Gasteiger partial charge in [0.05, 0.1) is 21.3 Å². The maximum Gasteiger partial charge on any atom is 0.248 e. The lowest BCUT2D eigenvalue weighted by atomic mass is 9.94. The van der Waals surface area contributed by atoms with Crippen LogP contribution in [0.5, 0.6) is 17.2 Å². The third kappa shape index (κ3) is 6.63. The fourth-order valence-electron chi connectivity index (χ4n) is 6.05. The molecule has 1 heterocycles. The van der Waals surface area contributed by atoms with E-state index in [1.54, 1.807) is 38.4 Å². The van der Waals surface area contributed by atoms with Crippen molar-refractivity contribution < 1.29 is 23.8 Å². The zero-order valence-electron chi connectivity index (χ0n) is 25.4. The number of para-hydroxylation sites is 1. The number of carbonyl (C=O) groups is 2. The molecule has 1 aliphatic carbocycles. The number of H-pyrrole nitrogens is 1. The number of hydrogen-bond donors (Lipinski definition) is 2. The molecule has 0 saturated heterocycles. The lowest BCUT2D eigenvalue weighted by Crippen LogP contribution is -2.47. The van der Waals surface area contributed by atoms with Crippen LogP contribution >= 0.6 is 0 Å². The number of nitrogens with zero attached hydrogens (tertiary/aromatic N) is 1. The molecule has 0 bridgehead atoms. The van der Waals surface area contributed by atoms with Gasteiger partial charge in [0.15, 0.2) is 11.5 Å².